The molecule has 1 saturated heterocycles. The molecule has 0 saturated carbocycles. The highest BCUT2D eigenvalue weighted by Crippen LogP contribution is 2.09. The molecule has 1 fully saturated rings. The van der Waals surface area contributed by atoms with E-state index in [1.807, 2.05) is 35.2 Å². The topological polar surface area (TPSA) is 41.6 Å². The molecule has 0 atom stereocenters. The van der Waals surface area contributed by atoms with Gasteiger partial charge in [-0.15, -0.1) is 0 Å². The van der Waals surface area contributed by atoms with Crippen LogP contribution < -0.4 is 10.1 Å². The van der Waals surface area contributed by atoms with Gasteiger partial charge >= 0.3 is 0 Å². The molecular weight excluding hydrogens is 252 g/mol. The normalized spacial score (nSPS) is 15.1. The Labute approximate surface area is 121 Å². The van der Waals surface area contributed by atoms with Gasteiger partial charge in [0.25, 0.3) is 0 Å². The molecule has 0 radical (unpaired) electrons. The number of nitrogens with one attached hydrogen (secondary N) is 1. The van der Waals surface area contributed by atoms with Gasteiger partial charge in [-0.3, -0.25) is 4.79 Å². The van der Waals surface area contributed by atoms with Crippen LogP contribution in [0.25, 0.3) is 0 Å². The third-order valence-electron chi connectivity index (χ3n) is 3.52. The number of ether oxygens (including phenoxy) is 1. The predicted octanol–water partition coefficient (Wildman–Crippen LogP) is 2.06. The van der Waals surface area contributed by atoms with Crippen LogP contribution in [0, 0.1) is 0 Å². The van der Waals surface area contributed by atoms with Gasteiger partial charge in [-0.25, -0.2) is 0 Å². The summed E-state index contributed by atoms with van der Waals surface area (Å²) in [5.74, 6) is 1.17. The van der Waals surface area contributed by atoms with E-state index in [2.05, 4.69) is 5.32 Å². The van der Waals surface area contributed by atoms with Crippen LogP contribution in [0.15, 0.2) is 30.3 Å². The lowest BCUT2D eigenvalue weighted by atomic mass is 10.1. The first-order valence-electron chi connectivity index (χ1n) is 7.52. The van der Waals surface area contributed by atoms with Crippen molar-refractivity contribution >= 4 is 5.91 Å². The SMILES string of the molecule is O=C(CCNCCOc1ccccc1)N1CCCCC1. The Morgan fingerprint density at radius 1 is 1.10 bits per heavy atom. The second-order valence-electron chi connectivity index (χ2n) is 5.10. The van der Waals surface area contributed by atoms with Crippen molar-refractivity contribution < 1.29 is 9.53 Å². The fourth-order valence-electron chi connectivity index (χ4n) is 2.38. The average Bonchev–Trinajstić information content (AvgIpc) is 2.52. The van der Waals surface area contributed by atoms with Crippen LogP contribution in [-0.2, 0) is 4.79 Å². The maximum Gasteiger partial charge on any atom is 0.223 e. The second-order valence-corrected chi connectivity index (χ2v) is 5.10. The minimum absolute atomic E-state index is 0.279. The van der Waals surface area contributed by atoms with Gasteiger partial charge in [0.15, 0.2) is 0 Å². The third kappa shape index (κ3) is 5.21. The van der Waals surface area contributed by atoms with Crippen LogP contribution in [0.1, 0.15) is 25.7 Å². The number of likely N-dealkylation sites (tertiary alicyclic amines) is 1. The number of hydrogen-bond acceptors (Lipinski definition) is 3. The van der Waals surface area contributed by atoms with Gasteiger partial charge in [0, 0.05) is 32.6 Å². The van der Waals surface area contributed by atoms with Crippen LogP contribution in [0.2, 0.25) is 0 Å². The van der Waals surface area contributed by atoms with Crippen molar-refractivity contribution in [1.29, 1.82) is 0 Å². The number of para-hydroxylation sites is 1. The number of piperidine rings is 1. The number of rotatable bonds is 7. The molecule has 1 aromatic carbocycles. The van der Waals surface area contributed by atoms with Gasteiger partial charge in [-0.2, -0.15) is 0 Å². The monoisotopic (exact) mass is 276 g/mol. The lowest BCUT2D eigenvalue weighted by Crippen LogP contribution is -2.37. The summed E-state index contributed by atoms with van der Waals surface area (Å²) in [6.07, 6.45) is 4.17. The summed E-state index contributed by atoms with van der Waals surface area (Å²) in [6.45, 7) is 4.00. The minimum atomic E-state index is 0.279. The van der Waals surface area contributed by atoms with Gasteiger partial charge in [-0.05, 0) is 31.4 Å². The molecule has 0 aliphatic carbocycles. The maximum absolute atomic E-state index is 11.9. The Bertz CT molecular complexity index is 389. The van der Waals surface area contributed by atoms with Gasteiger partial charge in [0.05, 0.1) is 0 Å². The van der Waals surface area contributed by atoms with Crippen LogP contribution in [0.4, 0.5) is 0 Å². The molecule has 1 aliphatic rings. The molecule has 0 spiro atoms. The number of carbonyl (C=O) groups excluding carboxylic acids is 1. The molecule has 4 heteroatoms. The molecule has 0 bridgehead atoms. The second kappa shape index (κ2) is 8.59. The van der Waals surface area contributed by atoms with Crippen LogP contribution >= 0.6 is 0 Å². The molecule has 1 amide bonds. The van der Waals surface area contributed by atoms with E-state index >= 15 is 0 Å². The van der Waals surface area contributed by atoms with Crippen LogP contribution in [-0.4, -0.2) is 43.6 Å². The van der Waals surface area contributed by atoms with E-state index in [1.165, 1.54) is 6.42 Å². The summed E-state index contributed by atoms with van der Waals surface area (Å²) in [6, 6.07) is 9.77. The summed E-state index contributed by atoms with van der Waals surface area (Å²) in [4.78, 5) is 13.9. The van der Waals surface area contributed by atoms with Crippen molar-refractivity contribution in [3.05, 3.63) is 30.3 Å². The molecule has 0 aromatic heterocycles. The molecule has 20 heavy (non-hydrogen) atoms. The largest absolute Gasteiger partial charge is 0.492 e. The zero-order chi connectivity index (χ0) is 14.0. The minimum Gasteiger partial charge on any atom is -0.492 e. The summed E-state index contributed by atoms with van der Waals surface area (Å²) >= 11 is 0. The third-order valence-corrected chi connectivity index (χ3v) is 3.52. The van der Waals surface area contributed by atoms with E-state index in [9.17, 15) is 4.79 Å². The van der Waals surface area contributed by atoms with E-state index in [1.54, 1.807) is 0 Å². The summed E-state index contributed by atoms with van der Waals surface area (Å²) in [7, 11) is 0. The van der Waals surface area contributed by atoms with Crippen LogP contribution in [0.5, 0.6) is 5.75 Å². The first kappa shape index (κ1) is 14.9. The highest BCUT2D eigenvalue weighted by Gasteiger charge is 2.15. The Morgan fingerprint density at radius 3 is 2.60 bits per heavy atom. The van der Waals surface area contributed by atoms with Crippen molar-refractivity contribution in [3.63, 3.8) is 0 Å². The smallest absolute Gasteiger partial charge is 0.223 e. The number of hydrogen-bond donors (Lipinski definition) is 1. The van der Waals surface area contributed by atoms with E-state index in [4.69, 9.17) is 4.74 Å². The average molecular weight is 276 g/mol. The van der Waals surface area contributed by atoms with Gasteiger partial charge in [0.2, 0.25) is 5.91 Å². The fraction of sp³-hybridized carbons (Fsp3) is 0.562. The molecule has 4 nitrogen and oxygen atoms in total. The number of amides is 1. The summed E-state index contributed by atoms with van der Waals surface area (Å²) in [5, 5.41) is 3.25. The quantitative estimate of drug-likeness (QED) is 0.775. The van der Waals surface area contributed by atoms with E-state index in [0.29, 0.717) is 13.0 Å². The molecular formula is C16H24N2O2. The van der Waals surface area contributed by atoms with E-state index in [0.717, 1.165) is 44.8 Å². The van der Waals surface area contributed by atoms with Crippen molar-refractivity contribution in [3.8, 4) is 5.75 Å². The van der Waals surface area contributed by atoms with E-state index in [-0.39, 0.29) is 5.91 Å². The fourth-order valence-corrected chi connectivity index (χ4v) is 2.38. The molecule has 1 N–H and O–H groups in total. The lowest BCUT2D eigenvalue weighted by Gasteiger charge is -2.26. The number of nitrogens with zero attached hydrogens (tertiary/aromatic N) is 1. The zero-order valence-electron chi connectivity index (χ0n) is 12.0. The maximum atomic E-state index is 11.9. The van der Waals surface area contributed by atoms with Crippen LogP contribution in [0.3, 0.4) is 0 Å². The number of carbonyl (C=O) groups is 1. The molecule has 1 aliphatic heterocycles. The summed E-state index contributed by atoms with van der Waals surface area (Å²) in [5.41, 5.74) is 0. The molecule has 1 aromatic rings. The molecule has 110 valence electrons. The Balaban J connectivity index is 1.50. The first-order valence-corrected chi connectivity index (χ1v) is 7.52. The Kier molecular flexibility index (Phi) is 6.38. The van der Waals surface area contributed by atoms with Gasteiger partial charge < -0.3 is 15.0 Å². The Morgan fingerprint density at radius 2 is 1.85 bits per heavy atom. The van der Waals surface area contributed by atoms with Gasteiger partial charge in [0.1, 0.15) is 12.4 Å². The van der Waals surface area contributed by atoms with Crippen molar-refractivity contribution in [2.75, 3.05) is 32.8 Å². The van der Waals surface area contributed by atoms with E-state index < -0.39 is 0 Å². The molecule has 2 rings (SSSR count). The van der Waals surface area contributed by atoms with Gasteiger partial charge in [-0.1, -0.05) is 18.2 Å². The zero-order valence-corrected chi connectivity index (χ0v) is 12.0. The van der Waals surface area contributed by atoms with Crippen molar-refractivity contribution in [1.82, 2.24) is 10.2 Å². The standard InChI is InChI=1S/C16H24N2O2/c19-16(18-12-5-2-6-13-18)9-10-17-11-14-20-15-7-3-1-4-8-15/h1,3-4,7-8,17H,2,5-6,9-14H2. The van der Waals surface area contributed by atoms with Crippen molar-refractivity contribution in [2.45, 2.75) is 25.7 Å². The number of benzene rings is 1. The van der Waals surface area contributed by atoms with Crippen molar-refractivity contribution in [2.24, 2.45) is 0 Å². The first-order chi connectivity index (χ1) is 9.86. The lowest BCUT2D eigenvalue weighted by molar-refractivity contribution is -0.131. The highest BCUT2D eigenvalue weighted by molar-refractivity contribution is 5.76. The highest BCUT2D eigenvalue weighted by atomic mass is 16.5. The summed E-state index contributed by atoms with van der Waals surface area (Å²) < 4.78 is 5.57. The molecule has 1 heterocycles. The molecule has 0 unspecified atom stereocenters. The Hall–Kier alpha value is -1.55. The predicted molar refractivity (Wildman–Crippen MR) is 79.9 cm³/mol.